The van der Waals surface area contributed by atoms with E-state index in [1.165, 1.54) is 58.4 Å². The molecule has 3 nitrogen and oxygen atoms in total. The molecule has 100 valence electrons. The van der Waals surface area contributed by atoms with E-state index in [0.717, 1.165) is 12.5 Å². The van der Waals surface area contributed by atoms with Crippen LogP contribution in [-0.4, -0.2) is 54.6 Å². The van der Waals surface area contributed by atoms with Crippen LogP contribution in [0.25, 0.3) is 0 Å². The monoisotopic (exact) mass is 239 g/mol. The van der Waals surface area contributed by atoms with E-state index in [2.05, 4.69) is 23.6 Å². The molecule has 2 N–H and O–H groups in total. The summed E-state index contributed by atoms with van der Waals surface area (Å²) in [6.45, 7) is 11.5. The fourth-order valence-corrected chi connectivity index (χ4v) is 3.21. The number of hydrogen-bond donors (Lipinski definition) is 1. The highest BCUT2D eigenvalue weighted by atomic mass is 15.2. The number of rotatable bonds is 6. The van der Waals surface area contributed by atoms with E-state index in [1.54, 1.807) is 0 Å². The zero-order chi connectivity index (χ0) is 12.3. The van der Waals surface area contributed by atoms with Gasteiger partial charge in [-0.3, -0.25) is 4.90 Å². The Morgan fingerprint density at radius 2 is 1.88 bits per heavy atom. The van der Waals surface area contributed by atoms with Gasteiger partial charge in [-0.25, -0.2) is 0 Å². The molecule has 1 heterocycles. The summed E-state index contributed by atoms with van der Waals surface area (Å²) in [5.74, 6) is 0.975. The van der Waals surface area contributed by atoms with E-state index >= 15 is 0 Å². The zero-order valence-corrected chi connectivity index (χ0v) is 11.6. The van der Waals surface area contributed by atoms with E-state index in [1.807, 2.05) is 0 Å². The van der Waals surface area contributed by atoms with Crippen LogP contribution in [0.4, 0.5) is 0 Å². The van der Waals surface area contributed by atoms with Crippen LogP contribution in [0.15, 0.2) is 0 Å². The Morgan fingerprint density at radius 3 is 2.29 bits per heavy atom. The van der Waals surface area contributed by atoms with E-state index in [-0.39, 0.29) is 0 Å². The SMILES string of the molecule is CCN1CCC(CN)(N(CC)CC2CC2)CC1. The van der Waals surface area contributed by atoms with E-state index < -0.39 is 0 Å². The van der Waals surface area contributed by atoms with Crippen LogP contribution in [0, 0.1) is 5.92 Å². The van der Waals surface area contributed by atoms with Crippen LogP contribution in [0.5, 0.6) is 0 Å². The third-order valence-electron chi connectivity index (χ3n) is 4.84. The standard InChI is InChI=1S/C14H29N3/c1-3-16-9-7-14(12-15,8-10-16)17(4-2)11-13-5-6-13/h13H,3-12,15H2,1-2H3. The minimum Gasteiger partial charge on any atom is -0.329 e. The summed E-state index contributed by atoms with van der Waals surface area (Å²) in [6.07, 6.45) is 5.41. The number of nitrogens with zero attached hydrogens (tertiary/aromatic N) is 2. The van der Waals surface area contributed by atoms with Crippen molar-refractivity contribution in [3.8, 4) is 0 Å². The molecule has 0 spiro atoms. The highest BCUT2D eigenvalue weighted by Gasteiger charge is 2.39. The molecular formula is C14H29N3. The molecule has 1 aliphatic carbocycles. The molecule has 3 heteroatoms. The second-order valence-corrected chi connectivity index (χ2v) is 5.84. The summed E-state index contributed by atoms with van der Waals surface area (Å²) in [4.78, 5) is 5.25. The third-order valence-corrected chi connectivity index (χ3v) is 4.84. The van der Waals surface area contributed by atoms with Crippen LogP contribution < -0.4 is 5.73 Å². The number of piperidine rings is 1. The topological polar surface area (TPSA) is 32.5 Å². The lowest BCUT2D eigenvalue weighted by atomic mass is 9.85. The van der Waals surface area contributed by atoms with Gasteiger partial charge in [-0.2, -0.15) is 0 Å². The number of hydrogen-bond acceptors (Lipinski definition) is 3. The highest BCUT2D eigenvalue weighted by Crippen LogP contribution is 2.35. The lowest BCUT2D eigenvalue weighted by molar-refractivity contribution is 0.0285. The lowest BCUT2D eigenvalue weighted by Gasteiger charge is -2.48. The molecule has 0 bridgehead atoms. The summed E-state index contributed by atoms with van der Waals surface area (Å²) in [6, 6.07) is 0. The van der Waals surface area contributed by atoms with Gasteiger partial charge in [0.2, 0.25) is 0 Å². The van der Waals surface area contributed by atoms with E-state index in [0.29, 0.717) is 5.54 Å². The molecule has 0 unspecified atom stereocenters. The first-order chi connectivity index (χ1) is 8.24. The molecule has 17 heavy (non-hydrogen) atoms. The molecule has 1 aliphatic heterocycles. The molecule has 0 amide bonds. The van der Waals surface area contributed by atoms with Gasteiger partial charge in [-0.1, -0.05) is 13.8 Å². The predicted octanol–water partition coefficient (Wildman–Crippen LogP) is 1.53. The molecule has 0 radical (unpaired) electrons. The number of nitrogens with two attached hydrogens (primary N) is 1. The van der Waals surface area contributed by atoms with Crippen molar-refractivity contribution in [2.45, 2.75) is 45.1 Å². The molecule has 1 saturated carbocycles. The predicted molar refractivity (Wildman–Crippen MR) is 73.1 cm³/mol. The quantitative estimate of drug-likeness (QED) is 0.763. The van der Waals surface area contributed by atoms with Crippen molar-refractivity contribution in [1.29, 1.82) is 0 Å². The first-order valence-electron chi connectivity index (χ1n) is 7.41. The van der Waals surface area contributed by atoms with Gasteiger partial charge >= 0.3 is 0 Å². The molecule has 0 aromatic carbocycles. The first kappa shape index (κ1) is 13.3. The molecule has 0 atom stereocenters. The Balaban J connectivity index is 1.96. The van der Waals surface area contributed by atoms with Crippen molar-refractivity contribution < 1.29 is 0 Å². The van der Waals surface area contributed by atoms with Gasteiger partial charge in [-0.15, -0.1) is 0 Å². The van der Waals surface area contributed by atoms with Gasteiger partial charge in [0.1, 0.15) is 0 Å². The van der Waals surface area contributed by atoms with E-state index in [4.69, 9.17) is 5.73 Å². The maximum Gasteiger partial charge on any atom is 0.0356 e. The Hall–Kier alpha value is -0.120. The van der Waals surface area contributed by atoms with Crippen LogP contribution in [0.3, 0.4) is 0 Å². The van der Waals surface area contributed by atoms with Gasteiger partial charge in [0.15, 0.2) is 0 Å². The van der Waals surface area contributed by atoms with Crippen molar-refractivity contribution in [3.63, 3.8) is 0 Å². The van der Waals surface area contributed by atoms with Crippen molar-refractivity contribution in [1.82, 2.24) is 9.80 Å². The van der Waals surface area contributed by atoms with Gasteiger partial charge < -0.3 is 10.6 Å². The normalized spacial score (nSPS) is 25.4. The van der Waals surface area contributed by atoms with Crippen LogP contribution in [0.2, 0.25) is 0 Å². The lowest BCUT2D eigenvalue weighted by Crippen LogP contribution is -2.59. The van der Waals surface area contributed by atoms with Gasteiger partial charge in [0.05, 0.1) is 0 Å². The van der Waals surface area contributed by atoms with Crippen LogP contribution >= 0.6 is 0 Å². The van der Waals surface area contributed by atoms with Crippen molar-refractivity contribution in [3.05, 3.63) is 0 Å². The zero-order valence-electron chi connectivity index (χ0n) is 11.6. The Morgan fingerprint density at radius 1 is 1.24 bits per heavy atom. The number of likely N-dealkylation sites (N-methyl/N-ethyl adjacent to an activating group) is 1. The minimum atomic E-state index is 0.309. The Bertz CT molecular complexity index is 230. The Kier molecular flexibility index (Phi) is 4.45. The van der Waals surface area contributed by atoms with Gasteiger partial charge in [0.25, 0.3) is 0 Å². The molecule has 2 aliphatic rings. The van der Waals surface area contributed by atoms with Gasteiger partial charge in [0, 0.05) is 18.6 Å². The maximum atomic E-state index is 6.14. The first-order valence-corrected chi connectivity index (χ1v) is 7.41. The second kappa shape index (κ2) is 5.68. The van der Waals surface area contributed by atoms with Gasteiger partial charge in [-0.05, 0) is 57.8 Å². The summed E-state index contributed by atoms with van der Waals surface area (Å²) < 4.78 is 0. The molecule has 0 aromatic heterocycles. The summed E-state index contributed by atoms with van der Waals surface area (Å²) >= 11 is 0. The average molecular weight is 239 g/mol. The van der Waals surface area contributed by atoms with E-state index in [9.17, 15) is 0 Å². The average Bonchev–Trinajstić information content (AvgIpc) is 3.20. The van der Waals surface area contributed by atoms with Crippen molar-refractivity contribution in [2.24, 2.45) is 11.7 Å². The van der Waals surface area contributed by atoms with Crippen LogP contribution in [-0.2, 0) is 0 Å². The Labute approximate surface area is 106 Å². The molecular weight excluding hydrogens is 210 g/mol. The molecule has 1 saturated heterocycles. The second-order valence-electron chi connectivity index (χ2n) is 5.84. The summed E-state index contributed by atoms with van der Waals surface area (Å²) in [5.41, 5.74) is 6.45. The fraction of sp³-hybridized carbons (Fsp3) is 1.00. The summed E-state index contributed by atoms with van der Waals surface area (Å²) in [7, 11) is 0. The number of likely N-dealkylation sites (tertiary alicyclic amines) is 1. The van der Waals surface area contributed by atoms with Crippen molar-refractivity contribution >= 4 is 0 Å². The largest absolute Gasteiger partial charge is 0.329 e. The molecule has 2 fully saturated rings. The molecule has 0 aromatic rings. The minimum absolute atomic E-state index is 0.309. The third kappa shape index (κ3) is 3.01. The highest BCUT2D eigenvalue weighted by molar-refractivity contribution is 4.97. The van der Waals surface area contributed by atoms with Crippen molar-refractivity contribution in [2.75, 3.05) is 39.3 Å². The van der Waals surface area contributed by atoms with Crippen LogP contribution in [0.1, 0.15) is 39.5 Å². The smallest absolute Gasteiger partial charge is 0.0356 e. The summed E-state index contributed by atoms with van der Waals surface area (Å²) in [5, 5.41) is 0. The maximum absolute atomic E-state index is 6.14. The fourth-order valence-electron chi connectivity index (χ4n) is 3.21. The molecule has 2 rings (SSSR count).